The summed E-state index contributed by atoms with van der Waals surface area (Å²) in [5.74, 6) is -0.705. The Hall–Kier alpha value is -3.19. The van der Waals surface area contributed by atoms with Gasteiger partial charge >= 0.3 is 12.0 Å². The summed E-state index contributed by atoms with van der Waals surface area (Å²) in [7, 11) is 0. The molecule has 0 radical (unpaired) electrons. The molecule has 4 heterocycles. The van der Waals surface area contributed by atoms with Crippen LogP contribution in [0.15, 0.2) is 58.4 Å². The molecule has 5 rings (SSSR count). The van der Waals surface area contributed by atoms with E-state index in [9.17, 15) is 14.4 Å². The second kappa shape index (κ2) is 14.5. The normalized spacial score (nSPS) is 23.6. The lowest BCUT2D eigenvalue weighted by molar-refractivity contribution is -0.171. The molecule has 1 aromatic heterocycles. The van der Waals surface area contributed by atoms with Gasteiger partial charge in [-0.05, 0) is 71.9 Å². The molecule has 2 saturated heterocycles. The van der Waals surface area contributed by atoms with Crippen LogP contribution in [0.2, 0.25) is 0 Å². The summed E-state index contributed by atoms with van der Waals surface area (Å²) in [4.78, 5) is 49.4. The Bertz CT molecular complexity index is 1430. The summed E-state index contributed by atoms with van der Waals surface area (Å²) in [6, 6.07) is 9.11. The van der Waals surface area contributed by atoms with Gasteiger partial charge in [0.05, 0.1) is 31.5 Å². The largest absolute Gasteiger partial charge is 0.458 e. The van der Waals surface area contributed by atoms with Crippen molar-refractivity contribution >= 4 is 29.7 Å². The first kappa shape index (κ1) is 35.1. The summed E-state index contributed by atoms with van der Waals surface area (Å²) >= 11 is 1.41. The number of rotatable bonds is 12. The second-order valence-corrected chi connectivity index (χ2v) is 15.1. The monoisotopic (exact) mass is 669 g/mol. The van der Waals surface area contributed by atoms with Crippen LogP contribution < -0.4 is 0 Å². The average Bonchev–Trinajstić information content (AvgIpc) is 3.68. The number of thioether (sulfide) groups is 1. The van der Waals surface area contributed by atoms with E-state index in [4.69, 9.17) is 23.4 Å². The first-order valence-electron chi connectivity index (χ1n) is 16.3. The van der Waals surface area contributed by atoms with E-state index >= 15 is 0 Å². The number of esters is 1. The number of carbonyl (C=O) groups excluding carboxylic acids is 3. The Labute approximate surface area is 281 Å². The van der Waals surface area contributed by atoms with Crippen LogP contribution in [0.4, 0.5) is 4.79 Å². The van der Waals surface area contributed by atoms with Gasteiger partial charge in [-0.3, -0.25) is 4.79 Å². The van der Waals surface area contributed by atoms with Crippen molar-refractivity contribution in [2.75, 3.05) is 26.4 Å². The molecule has 256 valence electrons. The minimum Gasteiger partial charge on any atom is -0.458 e. The molecule has 3 amide bonds. The molecule has 3 aliphatic heterocycles. The van der Waals surface area contributed by atoms with Gasteiger partial charge in [0.25, 0.3) is 5.91 Å². The molecule has 5 atom stereocenters. The predicted molar refractivity (Wildman–Crippen MR) is 176 cm³/mol. The number of fused-ring (bicyclic) bond motifs is 1. The number of imide groups is 1. The summed E-state index contributed by atoms with van der Waals surface area (Å²) in [6.07, 6.45) is 5.35. The molecule has 0 spiro atoms. The van der Waals surface area contributed by atoms with Crippen molar-refractivity contribution in [3.8, 4) is 0 Å². The van der Waals surface area contributed by atoms with E-state index in [-0.39, 0.29) is 24.0 Å². The van der Waals surface area contributed by atoms with E-state index in [1.807, 2.05) is 37.3 Å². The number of urea groups is 1. The van der Waals surface area contributed by atoms with Crippen molar-refractivity contribution in [3.05, 3.63) is 65.4 Å². The van der Waals surface area contributed by atoms with Gasteiger partial charge < -0.3 is 28.3 Å². The molecule has 0 aliphatic carbocycles. The highest BCUT2D eigenvalue weighted by Crippen LogP contribution is 2.52. The lowest BCUT2D eigenvalue weighted by Gasteiger charge is -2.46. The van der Waals surface area contributed by atoms with Gasteiger partial charge in [-0.25, -0.2) is 19.5 Å². The summed E-state index contributed by atoms with van der Waals surface area (Å²) in [5.41, 5.74) is -0.380. The van der Waals surface area contributed by atoms with Crippen LogP contribution in [0.1, 0.15) is 90.5 Å². The molecule has 2 fully saturated rings. The molecule has 0 N–H and O–H groups in total. The minimum atomic E-state index is -1.60. The predicted octanol–water partition coefficient (Wildman–Crippen LogP) is 6.43. The molecule has 47 heavy (non-hydrogen) atoms. The zero-order valence-electron chi connectivity index (χ0n) is 28.4. The van der Waals surface area contributed by atoms with Crippen LogP contribution in [-0.2, 0) is 28.5 Å². The van der Waals surface area contributed by atoms with Gasteiger partial charge in [0.1, 0.15) is 34.1 Å². The van der Waals surface area contributed by atoms with Gasteiger partial charge in [-0.2, -0.15) is 0 Å². The number of hydrogen-bond acceptors (Lipinski definition) is 10. The Morgan fingerprint density at radius 3 is 2.49 bits per heavy atom. The zero-order valence-corrected chi connectivity index (χ0v) is 29.2. The maximum absolute atomic E-state index is 14.5. The second-order valence-electron chi connectivity index (χ2n) is 13.9. The maximum Gasteiger partial charge on any atom is 0.332 e. The number of nitrogens with zero attached hydrogens (tertiary/aromatic N) is 3. The van der Waals surface area contributed by atoms with E-state index in [0.29, 0.717) is 31.3 Å². The number of oxazole rings is 1. The van der Waals surface area contributed by atoms with E-state index in [1.54, 1.807) is 45.7 Å². The van der Waals surface area contributed by atoms with Crippen molar-refractivity contribution in [2.24, 2.45) is 5.92 Å². The quantitative estimate of drug-likeness (QED) is 0.234. The Morgan fingerprint density at radius 2 is 1.85 bits per heavy atom. The molecule has 12 heteroatoms. The van der Waals surface area contributed by atoms with Crippen molar-refractivity contribution in [1.82, 2.24) is 14.8 Å². The van der Waals surface area contributed by atoms with Crippen LogP contribution in [0.25, 0.3) is 0 Å². The number of hydrogen-bond donors (Lipinski definition) is 0. The lowest BCUT2D eigenvalue weighted by atomic mass is 9.96. The minimum absolute atomic E-state index is 0.0564. The molecule has 0 saturated carbocycles. The standard InChI is InChI=1S/C35H47N3O8S/c1-22(21-45-26-15-11-12-17-42-26)20-44-25(24-13-9-8-10-14-24)19-37-31-27(23(2)28(47-31)29-36-16-18-43-29)30(39)38(33(37)41)35(6,7)32(40)46-34(3,4)5/h8-10,13-14,16,18,22,25-26,28,31H,11-12,15,17,19-21H2,1-7H3/t22?,25-,26?,28?,31?/m0/s1. The molecule has 1 aromatic carbocycles. The van der Waals surface area contributed by atoms with Gasteiger partial charge in [0.15, 0.2) is 6.29 Å². The summed E-state index contributed by atoms with van der Waals surface area (Å²) < 4.78 is 29.6. The highest BCUT2D eigenvalue weighted by Gasteiger charge is 2.56. The van der Waals surface area contributed by atoms with Crippen molar-refractivity contribution in [3.63, 3.8) is 0 Å². The third kappa shape index (κ3) is 7.93. The average molecular weight is 670 g/mol. The number of aromatic nitrogens is 1. The molecule has 0 bridgehead atoms. The summed E-state index contributed by atoms with van der Waals surface area (Å²) in [6.45, 7) is 13.9. The van der Waals surface area contributed by atoms with Crippen LogP contribution in [-0.4, -0.2) is 81.9 Å². The fourth-order valence-electron chi connectivity index (χ4n) is 5.89. The highest BCUT2D eigenvalue weighted by molar-refractivity contribution is 8.00. The SMILES string of the molecule is CC1=C2C(=O)N(C(C)(C)C(=O)OC(C)(C)C)C(=O)N(C[C@H](OCC(C)COC3CCCCO3)c3ccccc3)C2SC1c1ncco1. The van der Waals surface area contributed by atoms with E-state index in [2.05, 4.69) is 11.9 Å². The third-order valence-corrected chi connectivity index (χ3v) is 10.0. The topological polar surface area (TPSA) is 121 Å². The van der Waals surface area contributed by atoms with Crippen molar-refractivity contribution in [1.29, 1.82) is 0 Å². The highest BCUT2D eigenvalue weighted by atomic mass is 32.2. The lowest BCUT2D eigenvalue weighted by Crippen LogP contribution is -2.66. The van der Waals surface area contributed by atoms with Gasteiger partial charge in [0, 0.05) is 12.5 Å². The van der Waals surface area contributed by atoms with E-state index in [0.717, 1.165) is 35.3 Å². The fraction of sp³-hybridized carbons (Fsp3) is 0.600. The first-order valence-corrected chi connectivity index (χ1v) is 17.3. The van der Waals surface area contributed by atoms with Crippen LogP contribution >= 0.6 is 11.8 Å². The van der Waals surface area contributed by atoms with E-state index < -0.39 is 40.5 Å². The van der Waals surface area contributed by atoms with Crippen LogP contribution in [0.3, 0.4) is 0 Å². The van der Waals surface area contributed by atoms with Crippen molar-refractivity contribution in [2.45, 2.75) is 102 Å². The smallest absolute Gasteiger partial charge is 0.332 e. The molecular weight excluding hydrogens is 622 g/mol. The van der Waals surface area contributed by atoms with Crippen LogP contribution in [0, 0.1) is 5.92 Å². The van der Waals surface area contributed by atoms with E-state index in [1.165, 1.54) is 18.0 Å². The molecular formula is C35H47N3O8S. The van der Waals surface area contributed by atoms with Crippen molar-refractivity contribution < 1.29 is 37.7 Å². The zero-order chi connectivity index (χ0) is 33.9. The Kier molecular flexibility index (Phi) is 10.8. The summed E-state index contributed by atoms with van der Waals surface area (Å²) in [5, 5.41) is -1.03. The van der Waals surface area contributed by atoms with Crippen LogP contribution in [0.5, 0.6) is 0 Å². The Balaban J connectivity index is 1.44. The van der Waals surface area contributed by atoms with Gasteiger partial charge in [0.2, 0.25) is 5.89 Å². The Morgan fingerprint density at radius 1 is 1.11 bits per heavy atom. The molecule has 4 unspecified atom stereocenters. The van der Waals surface area contributed by atoms with Gasteiger partial charge in [-0.1, -0.05) is 37.3 Å². The number of benzene rings is 1. The first-order chi connectivity index (χ1) is 22.3. The number of ether oxygens (including phenoxy) is 4. The molecule has 2 aromatic rings. The number of carbonyl (C=O) groups is 3. The molecule has 11 nitrogen and oxygen atoms in total. The third-order valence-electron chi connectivity index (χ3n) is 8.44. The van der Waals surface area contributed by atoms with Gasteiger partial charge in [-0.15, -0.1) is 11.8 Å². The number of amides is 3. The molecule has 3 aliphatic rings. The fourth-order valence-corrected chi connectivity index (χ4v) is 7.45. The maximum atomic E-state index is 14.5.